The summed E-state index contributed by atoms with van der Waals surface area (Å²) < 4.78 is 2.63. The zero-order valence-corrected chi connectivity index (χ0v) is 15.4. The molecule has 0 bridgehead atoms. The maximum atomic E-state index is 12.1. The monoisotopic (exact) mass is 427 g/mol. The van der Waals surface area contributed by atoms with Gasteiger partial charge in [-0.05, 0) is 40.2 Å². The minimum atomic E-state index is -0.245. The van der Waals surface area contributed by atoms with Crippen LogP contribution in [-0.4, -0.2) is 32.4 Å². The van der Waals surface area contributed by atoms with Crippen molar-refractivity contribution in [3.63, 3.8) is 0 Å². The van der Waals surface area contributed by atoms with E-state index in [1.165, 1.54) is 0 Å². The molecule has 1 aromatic carbocycles. The molecule has 3 rings (SSSR count). The van der Waals surface area contributed by atoms with Crippen LogP contribution in [0, 0.1) is 0 Å². The summed E-state index contributed by atoms with van der Waals surface area (Å²) in [7, 11) is 0. The van der Waals surface area contributed by atoms with Crippen LogP contribution in [0.15, 0.2) is 41.1 Å². The summed E-state index contributed by atoms with van der Waals surface area (Å²) in [4.78, 5) is 12.1. The second kappa shape index (κ2) is 7.38. The Morgan fingerprint density at radius 2 is 2.17 bits per heavy atom. The van der Waals surface area contributed by atoms with Crippen molar-refractivity contribution in [1.29, 1.82) is 0 Å². The van der Waals surface area contributed by atoms with E-state index in [0.29, 0.717) is 40.1 Å². The predicted molar refractivity (Wildman–Crippen MR) is 96.3 cm³/mol. The highest BCUT2D eigenvalue weighted by Gasteiger charge is 2.13. The van der Waals surface area contributed by atoms with Crippen molar-refractivity contribution in [2.45, 2.75) is 6.54 Å². The first kappa shape index (κ1) is 17.0. The van der Waals surface area contributed by atoms with Crippen molar-refractivity contribution >= 4 is 45.0 Å². The first-order chi connectivity index (χ1) is 11.5. The first-order valence-electron chi connectivity index (χ1n) is 7.00. The summed E-state index contributed by atoms with van der Waals surface area (Å²) in [5.41, 5.74) is 1.65. The molecule has 9 heteroatoms. The van der Waals surface area contributed by atoms with Crippen LogP contribution < -0.4 is 5.32 Å². The molecule has 2 heterocycles. The van der Waals surface area contributed by atoms with Crippen molar-refractivity contribution in [2.75, 3.05) is 6.54 Å². The number of hydrogen-bond acceptors (Lipinski definition) is 3. The predicted octanol–water partition coefficient (Wildman–Crippen LogP) is 3.77. The standard InChI is InChI=1S/C15H12BrCl2N5O/c16-9-7-20-23(8-9)4-3-19-15(24)14-6-13(21-22-14)11-2-1-10(17)5-12(11)18/h1-2,5-8H,3-4H2,(H,19,24)(H,21,22). The lowest BCUT2D eigenvalue weighted by Crippen LogP contribution is -2.27. The molecule has 0 aliphatic rings. The molecule has 0 radical (unpaired) electrons. The Morgan fingerprint density at radius 3 is 2.88 bits per heavy atom. The highest BCUT2D eigenvalue weighted by Crippen LogP contribution is 2.29. The van der Waals surface area contributed by atoms with E-state index in [1.54, 1.807) is 35.1 Å². The second-order valence-corrected chi connectivity index (χ2v) is 6.73. The van der Waals surface area contributed by atoms with E-state index >= 15 is 0 Å². The lowest BCUT2D eigenvalue weighted by atomic mass is 10.1. The van der Waals surface area contributed by atoms with Gasteiger partial charge < -0.3 is 5.32 Å². The third-order valence-corrected chi connectivity index (χ3v) is 4.22. The van der Waals surface area contributed by atoms with Crippen LogP contribution in [-0.2, 0) is 6.54 Å². The van der Waals surface area contributed by atoms with Gasteiger partial charge >= 0.3 is 0 Å². The van der Waals surface area contributed by atoms with Gasteiger partial charge in [0, 0.05) is 23.3 Å². The van der Waals surface area contributed by atoms with Gasteiger partial charge in [0.2, 0.25) is 0 Å². The van der Waals surface area contributed by atoms with Gasteiger partial charge in [-0.2, -0.15) is 10.2 Å². The molecule has 6 nitrogen and oxygen atoms in total. The largest absolute Gasteiger partial charge is 0.349 e. The fourth-order valence-corrected chi connectivity index (χ4v) is 2.95. The van der Waals surface area contributed by atoms with E-state index in [9.17, 15) is 4.79 Å². The quantitative estimate of drug-likeness (QED) is 0.649. The Kier molecular flexibility index (Phi) is 5.23. The van der Waals surface area contributed by atoms with Gasteiger partial charge in [-0.1, -0.05) is 23.2 Å². The number of amides is 1. The van der Waals surface area contributed by atoms with Gasteiger partial charge in [-0.3, -0.25) is 14.6 Å². The highest BCUT2D eigenvalue weighted by atomic mass is 79.9. The normalized spacial score (nSPS) is 10.8. The van der Waals surface area contributed by atoms with E-state index < -0.39 is 0 Å². The number of benzene rings is 1. The van der Waals surface area contributed by atoms with Crippen LogP contribution in [0.25, 0.3) is 11.3 Å². The van der Waals surface area contributed by atoms with Crippen molar-refractivity contribution in [2.24, 2.45) is 0 Å². The Morgan fingerprint density at radius 1 is 1.33 bits per heavy atom. The topological polar surface area (TPSA) is 75.6 Å². The number of nitrogens with one attached hydrogen (secondary N) is 2. The molecule has 0 spiro atoms. The van der Waals surface area contributed by atoms with Crippen LogP contribution in [0.3, 0.4) is 0 Å². The minimum Gasteiger partial charge on any atom is -0.349 e. The molecule has 24 heavy (non-hydrogen) atoms. The van der Waals surface area contributed by atoms with Crippen LogP contribution >= 0.6 is 39.1 Å². The third kappa shape index (κ3) is 3.98. The zero-order chi connectivity index (χ0) is 17.1. The summed E-state index contributed by atoms with van der Waals surface area (Å²) in [6.07, 6.45) is 3.53. The number of halogens is 3. The molecule has 3 aromatic rings. The van der Waals surface area contributed by atoms with Gasteiger partial charge in [-0.15, -0.1) is 0 Å². The van der Waals surface area contributed by atoms with Crippen LogP contribution in [0.4, 0.5) is 0 Å². The zero-order valence-electron chi connectivity index (χ0n) is 12.3. The SMILES string of the molecule is O=C(NCCn1cc(Br)cn1)c1cc(-c2ccc(Cl)cc2Cl)n[nH]1. The summed E-state index contributed by atoms with van der Waals surface area (Å²) in [5, 5.41) is 14.8. The molecule has 0 aliphatic carbocycles. The van der Waals surface area contributed by atoms with E-state index in [-0.39, 0.29) is 5.91 Å². The number of carbonyl (C=O) groups excluding carboxylic acids is 1. The van der Waals surface area contributed by atoms with Crippen molar-refractivity contribution in [3.05, 3.63) is 56.9 Å². The van der Waals surface area contributed by atoms with E-state index in [0.717, 1.165) is 4.47 Å². The first-order valence-corrected chi connectivity index (χ1v) is 8.55. The highest BCUT2D eigenvalue weighted by molar-refractivity contribution is 9.10. The Hall–Kier alpha value is -1.83. The molecule has 0 fully saturated rings. The maximum Gasteiger partial charge on any atom is 0.269 e. The molecule has 2 N–H and O–H groups in total. The van der Waals surface area contributed by atoms with Gasteiger partial charge in [0.1, 0.15) is 5.69 Å². The molecular formula is C15H12BrCl2N5O. The smallest absolute Gasteiger partial charge is 0.269 e. The van der Waals surface area contributed by atoms with E-state index in [1.807, 2.05) is 6.20 Å². The molecule has 0 atom stereocenters. The summed E-state index contributed by atoms with van der Waals surface area (Å²) in [5.74, 6) is -0.245. The summed E-state index contributed by atoms with van der Waals surface area (Å²) >= 11 is 15.4. The van der Waals surface area contributed by atoms with Crippen molar-refractivity contribution < 1.29 is 4.79 Å². The molecule has 0 saturated carbocycles. The molecule has 124 valence electrons. The van der Waals surface area contributed by atoms with Crippen molar-refractivity contribution in [1.82, 2.24) is 25.3 Å². The number of hydrogen-bond donors (Lipinski definition) is 2. The number of aromatic nitrogens is 4. The van der Waals surface area contributed by atoms with Gasteiger partial charge in [0.15, 0.2) is 0 Å². The van der Waals surface area contributed by atoms with Crippen molar-refractivity contribution in [3.8, 4) is 11.3 Å². The molecule has 0 saturated heterocycles. The van der Waals surface area contributed by atoms with Crippen LogP contribution in [0.2, 0.25) is 10.0 Å². The summed E-state index contributed by atoms with van der Waals surface area (Å²) in [6, 6.07) is 6.77. The fourth-order valence-electron chi connectivity index (χ4n) is 2.11. The molecular weight excluding hydrogens is 417 g/mol. The number of H-pyrrole nitrogens is 1. The van der Waals surface area contributed by atoms with Crippen LogP contribution in [0.1, 0.15) is 10.5 Å². The molecule has 0 aliphatic heterocycles. The molecule has 2 aromatic heterocycles. The molecule has 1 amide bonds. The van der Waals surface area contributed by atoms with Crippen LogP contribution in [0.5, 0.6) is 0 Å². The minimum absolute atomic E-state index is 0.245. The number of nitrogens with zero attached hydrogens (tertiary/aromatic N) is 3. The fraction of sp³-hybridized carbons (Fsp3) is 0.133. The number of rotatable bonds is 5. The average Bonchev–Trinajstić information content (AvgIpc) is 3.16. The molecule has 0 unspecified atom stereocenters. The van der Waals surface area contributed by atoms with Gasteiger partial charge in [-0.25, -0.2) is 0 Å². The van der Waals surface area contributed by atoms with E-state index in [2.05, 4.69) is 36.5 Å². The Bertz CT molecular complexity index is 876. The summed E-state index contributed by atoms with van der Waals surface area (Å²) in [6.45, 7) is 1.02. The number of aromatic amines is 1. The van der Waals surface area contributed by atoms with Gasteiger partial charge in [0.05, 0.1) is 27.9 Å². The van der Waals surface area contributed by atoms with E-state index in [4.69, 9.17) is 23.2 Å². The second-order valence-electron chi connectivity index (χ2n) is 4.97. The third-order valence-electron chi connectivity index (χ3n) is 3.26. The average molecular weight is 429 g/mol. The van der Waals surface area contributed by atoms with Gasteiger partial charge in [0.25, 0.3) is 5.91 Å². The Labute approximate surface area is 156 Å². The Balaban J connectivity index is 1.63. The number of carbonyl (C=O) groups is 1. The maximum absolute atomic E-state index is 12.1. The lowest BCUT2D eigenvalue weighted by molar-refractivity contribution is 0.0947. The lowest BCUT2D eigenvalue weighted by Gasteiger charge is -2.03.